The Morgan fingerprint density at radius 1 is 0.886 bits per heavy atom. The Kier molecular flexibility index (Phi) is 5.62. The van der Waals surface area contributed by atoms with Crippen LogP contribution in [0, 0.1) is 5.92 Å². The fourth-order valence-corrected chi connectivity index (χ4v) is 6.43. The second-order valence-electron chi connectivity index (χ2n) is 10.8. The summed E-state index contributed by atoms with van der Waals surface area (Å²) in [4.78, 5) is 18.5. The monoisotopic (exact) mass is 466 g/mol. The predicted octanol–water partition coefficient (Wildman–Crippen LogP) is 4.69. The number of fused-ring (bicyclic) bond motifs is 5. The van der Waals surface area contributed by atoms with Crippen molar-refractivity contribution in [3.63, 3.8) is 0 Å². The van der Waals surface area contributed by atoms with Crippen molar-refractivity contribution in [3.05, 3.63) is 94.0 Å². The Hall–Kier alpha value is -3.15. The third-order valence-corrected chi connectivity index (χ3v) is 7.85. The Bertz CT molecular complexity index is 1450. The predicted molar refractivity (Wildman–Crippen MR) is 143 cm³/mol. The fourth-order valence-electron chi connectivity index (χ4n) is 6.43. The Morgan fingerprint density at radius 3 is 2.54 bits per heavy atom. The van der Waals surface area contributed by atoms with Crippen LogP contribution in [0.4, 0.5) is 0 Å². The first kappa shape index (κ1) is 22.3. The van der Waals surface area contributed by atoms with Crippen LogP contribution in [0.3, 0.4) is 0 Å². The average molecular weight is 467 g/mol. The molecular formula is C30H34N4O. The molecule has 6 rings (SSSR count). The van der Waals surface area contributed by atoms with Crippen LogP contribution in [0.15, 0.2) is 71.7 Å². The summed E-state index contributed by atoms with van der Waals surface area (Å²) in [5.41, 5.74) is 7.17. The highest BCUT2D eigenvalue weighted by molar-refractivity contribution is 5.83. The van der Waals surface area contributed by atoms with E-state index in [2.05, 4.69) is 101 Å². The molecule has 0 amide bonds. The zero-order chi connectivity index (χ0) is 24.1. The number of likely N-dealkylation sites (tertiary alicyclic amines) is 1. The molecule has 2 aliphatic rings. The summed E-state index contributed by atoms with van der Waals surface area (Å²) < 4.78 is 4.33. The molecule has 0 unspecified atom stereocenters. The van der Waals surface area contributed by atoms with Crippen molar-refractivity contribution >= 4 is 10.9 Å². The largest absolute Gasteiger partial charge is 0.350 e. The van der Waals surface area contributed by atoms with Crippen LogP contribution in [-0.4, -0.2) is 46.1 Å². The maximum atomic E-state index is 13.7. The fraction of sp³-hybridized carbons (Fsp3) is 0.367. The van der Waals surface area contributed by atoms with Crippen molar-refractivity contribution in [2.45, 2.75) is 32.0 Å². The lowest BCUT2D eigenvalue weighted by atomic mass is 9.82. The molecule has 0 spiro atoms. The molecular weight excluding hydrogens is 432 g/mol. The number of para-hydroxylation sites is 1. The van der Waals surface area contributed by atoms with Crippen molar-refractivity contribution < 1.29 is 0 Å². The first-order valence-electron chi connectivity index (χ1n) is 12.7. The molecule has 5 nitrogen and oxygen atoms in total. The van der Waals surface area contributed by atoms with Gasteiger partial charge in [0.25, 0.3) is 5.56 Å². The number of hydrogen-bond acceptors (Lipinski definition) is 3. The van der Waals surface area contributed by atoms with Crippen molar-refractivity contribution in [1.82, 2.24) is 18.9 Å². The molecule has 35 heavy (non-hydrogen) atoms. The second-order valence-corrected chi connectivity index (χ2v) is 10.8. The lowest BCUT2D eigenvalue weighted by Gasteiger charge is -2.43. The Labute approximate surface area is 207 Å². The molecule has 0 radical (unpaired) electrons. The first-order chi connectivity index (χ1) is 17.0. The highest BCUT2D eigenvalue weighted by Crippen LogP contribution is 2.37. The summed E-state index contributed by atoms with van der Waals surface area (Å²) >= 11 is 0. The third-order valence-electron chi connectivity index (χ3n) is 7.85. The van der Waals surface area contributed by atoms with Gasteiger partial charge in [-0.25, -0.2) is 0 Å². The van der Waals surface area contributed by atoms with Gasteiger partial charge in [-0.15, -0.1) is 0 Å². The molecule has 1 fully saturated rings. The van der Waals surface area contributed by atoms with Gasteiger partial charge < -0.3 is 14.0 Å². The van der Waals surface area contributed by atoms with E-state index in [9.17, 15) is 4.79 Å². The van der Waals surface area contributed by atoms with E-state index in [0.717, 1.165) is 43.9 Å². The number of hydrogen-bond donors (Lipinski definition) is 0. The van der Waals surface area contributed by atoms with E-state index < -0.39 is 0 Å². The number of aromatic nitrogens is 2. The van der Waals surface area contributed by atoms with Crippen LogP contribution in [0.1, 0.15) is 29.2 Å². The van der Waals surface area contributed by atoms with E-state index >= 15 is 0 Å². The van der Waals surface area contributed by atoms with Crippen LogP contribution in [0.25, 0.3) is 22.0 Å². The van der Waals surface area contributed by atoms with Gasteiger partial charge in [-0.05, 0) is 61.3 Å². The van der Waals surface area contributed by atoms with Crippen LogP contribution in [-0.2, 0) is 26.7 Å². The summed E-state index contributed by atoms with van der Waals surface area (Å²) in [6.45, 7) is 4.67. The number of piperidine rings is 1. The SMILES string of the molecule is CN(C)Cc1ccccc1-c1ccc2n(c1=O)C[C@H]1C[C@@H]2CN(Cc2cn(C)c3ccccc23)C1. The van der Waals surface area contributed by atoms with E-state index in [4.69, 9.17) is 0 Å². The normalized spacial score (nSPS) is 19.9. The smallest absolute Gasteiger partial charge is 0.258 e. The average Bonchev–Trinajstić information content (AvgIpc) is 3.15. The summed E-state index contributed by atoms with van der Waals surface area (Å²) in [6.07, 6.45) is 3.47. The third kappa shape index (κ3) is 4.03. The van der Waals surface area contributed by atoms with Crippen LogP contribution in [0.5, 0.6) is 0 Å². The minimum Gasteiger partial charge on any atom is -0.350 e. The highest BCUT2D eigenvalue weighted by atomic mass is 16.1. The van der Waals surface area contributed by atoms with Gasteiger partial charge in [-0.1, -0.05) is 42.5 Å². The van der Waals surface area contributed by atoms with Gasteiger partial charge in [-0.2, -0.15) is 0 Å². The molecule has 2 aromatic heterocycles. The number of rotatable bonds is 5. The number of benzene rings is 2. The Balaban J connectivity index is 1.30. The van der Waals surface area contributed by atoms with Crippen LogP contribution < -0.4 is 5.56 Å². The van der Waals surface area contributed by atoms with Gasteiger partial charge in [-0.3, -0.25) is 9.69 Å². The molecule has 2 atom stereocenters. The molecule has 4 aromatic rings. The van der Waals surface area contributed by atoms with Gasteiger partial charge in [0, 0.05) is 74.0 Å². The van der Waals surface area contributed by atoms with E-state index in [1.807, 2.05) is 6.07 Å². The van der Waals surface area contributed by atoms with Crippen molar-refractivity contribution in [3.8, 4) is 11.1 Å². The molecule has 5 heteroatoms. The van der Waals surface area contributed by atoms with Crippen molar-refractivity contribution in [2.24, 2.45) is 13.0 Å². The van der Waals surface area contributed by atoms with Crippen molar-refractivity contribution in [2.75, 3.05) is 27.2 Å². The summed E-state index contributed by atoms with van der Waals surface area (Å²) in [6, 6.07) is 21.3. The molecule has 2 aliphatic heterocycles. The van der Waals surface area contributed by atoms with Crippen molar-refractivity contribution in [1.29, 1.82) is 0 Å². The topological polar surface area (TPSA) is 33.4 Å². The Morgan fingerprint density at radius 2 is 1.69 bits per heavy atom. The molecule has 1 saturated heterocycles. The van der Waals surface area contributed by atoms with Gasteiger partial charge in [0.2, 0.25) is 0 Å². The zero-order valence-electron chi connectivity index (χ0n) is 20.9. The number of pyridine rings is 1. The summed E-state index contributed by atoms with van der Waals surface area (Å²) in [5, 5.41) is 1.35. The van der Waals surface area contributed by atoms with Crippen LogP contribution >= 0.6 is 0 Å². The molecule has 2 aromatic carbocycles. The maximum Gasteiger partial charge on any atom is 0.258 e. The molecule has 0 N–H and O–H groups in total. The quantitative estimate of drug-likeness (QED) is 0.428. The summed E-state index contributed by atoms with van der Waals surface area (Å²) in [5.74, 6) is 0.928. The minimum atomic E-state index is 0.172. The molecule has 180 valence electrons. The van der Waals surface area contributed by atoms with Gasteiger partial charge >= 0.3 is 0 Å². The van der Waals surface area contributed by atoms with E-state index in [1.54, 1.807) is 0 Å². The zero-order valence-corrected chi connectivity index (χ0v) is 20.9. The van der Waals surface area contributed by atoms with E-state index in [0.29, 0.717) is 11.8 Å². The van der Waals surface area contributed by atoms with E-state index in [-0.39, 0.29) is 5.56 Å². The molecule has 4 heterocycles. The molecule has 0 aliphatic carbocycles. The minimum absolute atomic E-state index is 0.172. The molecule has 0 saturated carbocycles. The molecule has 2 bridgehead atoms. The standard InChI is InChI=1S/C30H34N4O/c1-31(2)17-22-8-4-5-9-25(22)27-12-13-28-23-14-21(16-34(28)30(27)35)15-33(19-23)20-24-18-32(3)29-11-7-6-10-26(24)29/h4-13,18,21,23H,14-17,19-20H2,1-3H3/t21-,23+/m0/s1. The van der Waals surface area contributed by atoms with Gasteiger partial charge in [0.1, 0.15) is 0 Å². The van der Waals surface area contributed by atoms with E-state index in [1.165, 1.54) is 34.1 Å². The first-order valence-corrected chi connectivity index (χ1v) is 12.7. The van der Waals surface area contributed by atoms with Gasteiger partial charge in [0.05, 0.1) is 0 Å². The van der Waals surface area contributed by atoms with Gasteiger partial charge in [0.15, 0.2) is 0 Å². The number of aryl methyl sites for hydroxylation is 1. The van der Waals surface area contributed by atoms with Crippen LogP contribution in [0.2, 0.25) is 0 Å². The summed E-state index contributed by atoms with van der Waals surface area (Å²) in [7, 11) is 6.27. The lowest BCUT2D eigenvalue weighted by Crippen LogP contribution is -2.46. The lowest BCUT2D eigenvalue weighted by molar-refractivity contribution is 0.115. The highest BCUT2D eigenvalue weighted by Gasteiger charge is 2.35. The second kappa shape index (κ2) is 8.81. The number of nitrogens with zero attached hydrogens (tertiary/aromatic N) is 4. The maximum absolute atomic E-state index is 13.7.